The Hall–Kier alpha value is -2.07. The molecule has 1 aromatic heterocycles. The second kappa shape index (κ2) is 4.90. The minimum Gasteiger partial charge on any atom is -0.507 e. The van der Waals surface area contributed by atoms with Gasteiger partial charge in [-0.05, 0) is 18.2 Å². The number of hydrogen-bond acceptors (Lipinski definition) is 3. The first-order valence-corrected chi connectivity index (χ1v) is 6.70. The molecule has 1 heterocycles. The van der Waals surface area contributed by atoms with Gasteiger partial charge in [-0.15, -0.1) is 0 Å². The van der Waals surface area contributed by atoms with Gasteiger partial charge in [-0.1, -0.05) is 30.0 Å². The first-order chi connectivity index (χ1) is 9.28. The summed E-state index contributed by atoms with van der Waals surface area (Å²) in [7, 11) is 1.58. The van der Waals surface area contributed by atoms with E-state index in [0.717, 1.165) is 20.7 Å². The van der Waals surface area contributed by atoms with Gasteiger partial charge in [0.15, 0.2) is 0 Å². The highest BCUT2D eigenvalue weighted by Crippen LogP contribution is 2.39. The van der Waals surface area contributed by atoms with Gasteiger partial charge in [0.2, 0.25) is 0 Å². The van der Waals surface area contributed by atoms with Crippen molar-refractivity contribution in [2.75, 3.05) is 7.11 Å². The van der Waals surface area contributed by atoms with Crippen molar-refractivity contribution in [3.63, 3.8) is 0 Å². The van der Waals surface area contributed by atoms with E-state index in [9.17, 15) is 5.11 Å². The standard InChI is InChI=1S/C15H13NO2S/c1-18-10-6-7-14(13(17)8-10)19-15-9-16-12-5-3-2-4-11(12)15/h2-9,16-17H,1H3. The van der Waals surface area contributed by atoms with Crippen molar-refractivity contribution in [3.8, 4) is 11.5 Å². The van der Waals surface area contributed by atoms with E-state index < -0.39 is 0 Å². The summed E-state index contributed by atoms with van der Waals surface area (Å²) in [5, 5.41) is 11.1. The van der Waals surface area contributed by atoms with Crippen LogP contribution >= 0.6 is 11.8 Å². The molecule has 0 aliphatic rings. The van der Waals surface area contributed by atoms with Crippen molar-refractivity contribution in [1.29, 1.82) is 0 Å². The molecule has 3 rings (SSSR count). The number of hydrogen-bond donors (Lipinski definition) is 2. The van der Waals surface area contributed by atoms with Crippen LogP contribution in [0.5, 0.6) is 11.5 Å². The lowest BCUT2D eigenvalue weighted by atomic mass is 10.2. The van der Waals surface area contributed by atoms with Crippen LogP contribution < -0.4 is 4.74 Å². The SMILES string of the molecule is COc1ccc(Sc2c[nH]c3ccccc23)c(O)c1. The molecule has 0 amide bonds. The smallest absolute Gasteiger partial charge is 0.133 e. The topological polar surface area (TPSA) is 45.2 Å². The van der Waals surface area contributed by atoms with E-state index in [1.165, 1.54) is 11.8 Å². The van der Waals surface area contributed by atoms with Crippen molar-refractivity contribution in [2.24, 2.45) is 0 Å². The lowest BCUT2D eigenvalue weighted by molar-refractivity contribution is 0.405. The second-order valence-corrected chi connectivity index (χ2v) is 5.22. The van der Waals surface area contributed by atoms with E-state index in [4.69, 9.17) is 4.74 Å². The zero-order valence-corrected chi connectivity index (χ0v) is 11.2. The van der Waals surface area contributed by atoms with Gasteiger partial charge in [0.1, 0.15) is 11.5 Å². The van der Waals surface area contributed by atoms with Gasteiger partial charge in [0.05, 0.1) is 12.0 Å². The monoisotopic (exact) mass is 271 g/mol. The molecule has 2 N–H and O–H groups in total. The molecule has 0 radical (unpaired) electrons. The second-order valence-electron chi connectivity index (χ2n) is 4.13. The van der Waals surface area contributed by atoms with Crippen LogP contribution in [-0.4, -0.2) is 17.2 Å². The number of methoxy groups -OCH3 is 1. The van der Waals surface area contributed by atoms with Crippen LogP contribution in [0.4, 0.5) is 0 Å². The van der Waals surface area contributed by atoms with E-state index in [-0.39, 0.29) is 5.75 Å². The Balaban J connectivity index is 1.97. The number of ether oxygens (including phenoxy) is 1. The predicted molar refractivity (Wildman–Crippen MR) is 77.1 cm³/mol. The highest BCUT2D eigenvalue weighted by molar-refractivity contribution is 7.99. The van der Waals surface area contributed by atoms with Crippen molar-refractivity contribution < 1.29 is 9.84 Å². The molecule has 0 saturated heterocycles. The van der Waals surface area contributed by atoms with Gasteiger partial charge in [-0.2, -0.15) is 0 Å². The molecule has 0 bridgehead atoms. The minimum atomic E-state index is 0.231. The van der Waals surface area contributed by atoms with Crippen molar-refractivity contribution in [2.45, 2.75) is 9.79 Å². The van der Waals surface area contributed by atoms with Gasteiger partial charge in [-0.3, -0.25) is 0 Å². The summed E-state index contributed by atoms with van der Waals surface area (Å²) < 4.78 is 5.08. The quantitative estimate of drug-likeness (QED) is 0.756. The molecule has 0 aliphatic heterocycles. The Morgan fingerprint density at radius 1 is 1.11 bits per heavy atom. The summed E-state index contributed by atoms with van der Waals surface area (Å²) in [5.74, 6) is 0.885. The van der Waals surface area contributed by atoms with E-state index in [1.807, 2.05) is 36.5 Å². The number of nitrogens with one attached hydrogen (secondary N) is 1. The third-order valence-electron chi connectivity index (χ3n) is 2.94. The largest absolute Gasteiger partial charge is 0.507 e. The molecule has 96 valence electrons. The number of phenols is 1. The molecular weight excluding hydrogens is 258 g/mol. The molecule has 0 fully saturated rings. The Morgan fingerprint density at radius 3 is 2.74 bits per heavy atom. The van der Waals surface area contributed by atoms with Crippen molar-refractivity contribution in [1.82, 2.24) is 4.98 Å². The lowest BCUT2D eigenvalue weighted by Crippen LogP contribution is -1.82. The Kier molecular flexibility index (Phi) is 3.09. The van der Waals surface area contributed by atoms with Crippen molar-refractivity contribution >= 4 is 22.7 Å². The number of aromatic nitrogens is 1. The Morgan fingerprint density at radius 2 is 1.95 bits per heavy atom. The first-order valence-electron chi connectivity index (χ1n) is 5.89. The fourth-order valence-corrected chi connectivity index (χ4v) is 2.90. The molecule has 0 unspecified atom stereocenters. The maximum absolute atomic E-state index is 9.98. The van der Waals surface area contributed by atoms with Gasteiger partial charge < -0.3 is 14.8 Å². The van der Waals surface area contributed by atoms with Gasteiger partial charge >= 0.3 is 0 Å². The zero-order valence-electron chi connectivity index (χ0n) is 10.4. The third kappa shape index (κ3) is 2.27. The fraction of sp³-hybridized carbons (Fsp3) is 0.0667. The predicted octanol–water partition coefficient (Wildman–Crippen LogP) is 4.03. The molecule has 3 nitrogen and oxygen atoms in total. The maximum atomic E-state index is 9.98. The number of rotatable bonds is 3. The minimum absolute atomic E-state index is 0.231. The molecule has 0 saturated carbocycles. The molecular formula is C15H13NO2S. The van der Waals surface area contributed by atoms with Crippen LogP contribution in [0.2, 0.25) is 0 Å². The molecule has 2 aromatic carbocycles. The van der Waals surface area contributed by atoms with E-state index in [1.54, 1.807) is 13.2 Å². The average Bonchev–Trinajstić information content (AvgIpc) is 2.84. The number of para-hydroxylation sites is 1. The van der Waals surface area contributed by atoms with Crippen LogP contribution in [0.15, 0.2) is 58.5 Å². The van der Waals surface area contributed by atoms with Crippen molar-refractivity contribution in [3.05, 3.63) is 48.7 Å². The number of aromatic hydroxyl groups is 1. The Labute approximate surface area is 115 Å². The van der Waals surface area contributed by atoms with Gasteiger partial charge in [-0.25, -0.2) is 0 Å². The fourth-order valence-electron chi connectivity index (χ4n) is 1.96. The highest BCUT2D eigenvalue weighted by Gasteiger charge is 2.08. The van der Waals surface area contributed by atoms with Crippen LogP contribution in [0.1, 0.15) is 0 Å². The lowest BCUT2D eigenvalue weighted by Gasteiger charge is -2.05. The van der Waals surface area contributed by atoms with Gasteiger partial charge in [0, 0.05) is 28.1 Å². The average molecular weight is 271 g/mol. The maximum Gasteiger partial charge on any atom is 0.133 e. The van der Waals surface area contributed by atoms with Crippen LogP contribution in [0.3, 0.4) is 0 Å². The summed E-state index contributed by atoms with van der Waals surface area (Å²) in [4.78, 5) is 5.13. The molecule has 4 heteroatoms. The molecule has 0 atom stereocenters. The summed E-state index contributed by atoms with van der Waals surface area (Å²) in [6.07, 6.45) is 1.96. The van der Waals surface area contributed by atoms with Gasteiger partial charge in [0.25, 0.3) is 0 Å². The number of phenolic OH excluding ortho intramolecular Hbond substituents is 1. The Bertz CT molecular complexity index is 721. The number of fused-ring (bicyclic) bond motifs is 1. The third-order valence-corrected chi connectivity index (χ3v) is 4.06. The molecule has 19 heavy (non-hydrogen) atoms. The zero-order chi connectivity index (χ0) is 13.2. The summed E-state index contributed by atoms with van der Waals surface area (Å²) in [6, 6.07) is 13.4. The first kappa shape index (κ1) is 12.0. The summed E-state index contributed by atoms with van der Waals surface area (Å²) >= 11 is 1.53. The van der Waals surface area contributed by atoms with Crippen LogP contribution in [-0.2, 0) is 0 Å². The van der Waals surface area contributed by atoms with E-state index in [0.29, 0.717) is 5.75 Å². The summed E-state index contributed by atoms with van der Waals surface area (Å²) in [6.45, 7) is 0. The molecule has 3 aromatic rings. The number of aromatic amines is 1. The molecule has 0 spiro atoms. The van der Waals surface area contributed by atoms with E-state index >= 15 is 0 Å². The van der Waals surface area contributed by atoms with E-state index in [2.05, 4.69) is 11.1 Å². The number of benzene rings is 2. The van der Waals surface area contributed by atoms with Crippen LogP contribution in [0.25, 0.3) is 10.9 Å². The summed E-state index contributed by atoms with van der Waals surface area (Å²) in [5.41, 5.74) is 1.10. The molecule has 0 aliphatic carbocycles. The number of H-pyrrole nitrogens is 1. The van der Waals surface area contributed by atoms with Crippen LogP contribution in [0, 0.1) is 0 Å². The normalized spacial score (nSPS) is 10.8. The highest BCUT2D eigenvalue weighted by atomic mass is 32.2.